The van der Waals surface area contributed by atoms with Crippen LogP contribution in [0.4, 0.5) is 0 Å². The van der Waals surface area contributed by atoms with Crippen LogP contribution in [0, 0.1) is 23.7 Å². The molecule has 2 fully saturated rings. The molecule has 1 heterocycles. The molecule has 0 spiro atoms. The number of rotatable bonds is 3. The van der Waals surface area contributed by atoms with Gasteiger partial charge in [0.1, 0.15) is 0 Å². The van der Waals surface area contributed by atoms with E-state index in [-0.39, 0.29) is 5.97 Å². The van der Waals surface area contributed by atoms with Crippen LogP contribution in [0.2, 0.25) is 0 Å². The summed E-state index contributed by atoms with van der Waals surface area (Å²) < 4.78 is 6.72. The lowest BCUT2D eigenvalue weighted by molar-refractivity contribution is -0.904. The summed E-state index contributed by atoms with van der Waals surface area (Å²) in [5.41, 5.74) is 0.658. The predicted molar refractivity (Wildman–Crippen MR) is 87.4 cm³/mol. The monoisotopic (exact) mass is 302 g/mol. The van der Waals surface area contributed by atoms with Gasteiger partial charge in [0.25, 0.3) is 0 Å². The van der Waals surface area contributed by atoms with Gasteiger partial charge in [0, 0.05) is 17.8 Å². The van der Waals surface area contributed by atoms with Gasteiger partial charge in [-0.25, -0.2) is 4.79 Å². The first-order valence-electron chi connectivity index (χ1n) is 8.50. The van der Waals surface area contributed by atoms with Crippen molar-refractivity contribution in [2.24, 2.45) is 23.7 Å². The standard InChI is InChI=1S/C19H28NO2/c1-14-11-20(2,3)12-18-16(9-10-17(14)18)13-22-19(21)15-7-5-4-6-8-15/h4-8,14,16-18H,9-13H2,1-3H3/q+1/t14-,16-,17+,18-/m0/s1. The summed E-state index contributed by atoms with van der Waals surface area (Å²) in [4.78, 5) is 12.1. The van der Waals surface area contributed by atoms with Crippen LogP contribution in [-0.4, -0.2) is 44.2 Å². The van der Waals surface area contributed by atoms with Crippen molar-refractivity contribution < 1.29 is 14.0 Å². The second kappa shape index (κ2) is 6.04. The zero-order valence-electron chi connectivity index (χ0n) is 14.0. The average molecular weight is 302 g/mol. The maximum absolute atomic E-state index is 12.1. The number of ether oxygens (including phenoxy) is 1. The lowest BCUT2D eigenvalue weighted by Gasteiger charge is -2.44. The third-order valence-corrected chi connectivity index (χ3v) is 5.68. The molecule has 1 saturated carbocycles. The first-order chi connectivity index (χ1) is 10.5. The Labute approximate surface area is 133 Å². The molecule has 4 atom stereocenters. The van der Waals surface area contributed by atoms with Crippen LogP contribution in [0.25, 0.3) is 0 Å². The van der Waals surface area contributed by atoms with Gasteiger partial charge >= 0.3 is 5.97 Å². The lowest BCUT2D eigenvalue weighted by atomic mass is 9.77. The van der Waals surface area contributed by atoms with Gasteiger partial charge in [-0.05, 0) is 30.9 Å². The fourth-order valence-electron chi connectivity index (χ4n) is 4.78. The molecule has 0 bridgehead atoms. The fourth-order valence-corrected chi connectivity index (χ4v) is 4.78. The lowest BCUT2D eigenvalue weighted by Crippen LogP contribution is -2.54. The molecule has 1 aromatic carbocycles. The number of benzene rings is 1. The van der Waals surface area contributed by atoms with E-state index < -0.39 is 0 Å². The smallest absolute Gasteiger partial charge is 0.338 e. The van der Waals surface area contributed by atoms with E-state index in [1.165, 1.54) is 25.9 Å². The number of nitrogens with zero attached hydrogens (tertiary/aromatic N) is 1. The Morgan fingerprint density at radius 1 is 1.14 bits per heavy atom. The average Bonchev–Trinajstić information content (AvgIpc) is 2.87. The first kappa shape index (κ1) is 15.5. The quantitative estimate of drug-likeness (QED) is 0.633. The molecule has 1 aliphatic heterocycles. The van der Waals surface area contributed by atoms with Crippen molar-refractivity contribution in [2.75, 3.05) is 33.8 Å². The molecule has 120 valence electrons. The Morgan fingerprint density at radius 2 is 1.86 bits per heavy atom. The van der Waals surface area contributed by atoms with E-state index in [0.29, 0.717) is 24.0 Å². The Morgan fingerprint density at radius 3 is 2.59 bits per heavy atom. The Hall–Kier alpha value is -1.35. The van der Waals surface area contributed by atoms with Crippen LogP contribution in [-0.2, 0) is 4.74 Å². The normalized spacial score (nSPS) is 33.2. The van der Waals surface area contributed by atoms with E-state index in [1.807, 2.05) is 30.3 Å². The number of quaternary nitrogens is 1. The Kier molecular flexibility index (Phi) is 4.26. The number of hydrogen-bond acceptors (Lipinski definition) is 2. The van der Waals surface area contributed by atoms with Crippen LogP contribution >= 0.6 is 0 Å². The molecule has 0 amide bonds. The summed E-state index contributed by atoms with van der Waals surface area (Å²) in [7, 11) is 4.66. The van der Waals surface area contributed by atoms with E-state index in [2.05, 4.69) is 21.0 Å². The molecular weight excluding hydrogens is 274 g/mol. The summed E-state index contributed by atoms with van der Waals surface area (Å²) in [6.07, 6.45) is 2.52. The van der Waals surface area contributed by atoms with Crippen molar-refractivity contribution in [1.29, 1.82) is 0 Å². The molecule has 2 aliphatic rings. The fraction of sp³-hybridized carbons (Fsp3) is 0.632. The van der Waals surface area contributed by atoms with Crippen LogP contribution in [0.15, 0.2) is 30.3 Å². The van der Waals surface area contributed by atoms with Gasteiger partial charge < -0.3 is 9.22 Å². The zero-order valence-corrected chi connectivity index (χ0v) is 14.0. The Balaban J connectivity index is 1.60. The number of fused-ring (bicyclic) bond motifs is 1. The molecule has 0 radical (unpaired) electrons. The van der Waals surface area contributed by atoms with Crippen LogP contribution in [0.5, 0.6) is 0 Å². The highest BCUT2D eigenvalue weighted by molar-refractivity contribution is 5.89. The molecule has 1 saturated heterocycles. The highest BCUT2D eigenvalue weighted by Crippen LogP contribution is 2.45. The number of esters is 1. The zero-order chi connectivity index (χ0) is 15.7. The largest absolute Gasteiger partial charge is 0.462 e. The summed E-state index contributed by atoms with van der Waals surface area (Å²) >= 11 is 0. The number of hydrogen-bond donors (Lipinski definition) is 0. The van der Waals surface area contributed by atoms with Crippen molar-refractivity contribution in [1.82, 2.24) is 0 Å². The van der Waals surface area contributed by atoms with Gasteiger partial charge in [0.15, 0.2) is 0 Å². The number of carbonyl (C=O) groups is 1. The summed E-state index contributed by atoms with van der Waals surface area (Å²) in [5.74, 6) is 2.68. The highest BCUT2D eigenvalue weighted by atomic mass is 16.5. The van der Waals surface area contributed by atoms with Crippen LogP contribution < -0.4 is 0 Å². The molecule has 3 nitrogen and oxygen atoms in total. The molecule has 1 aliphatic carbocycles. The predicted octanol–water partition coefficient (Wildman–Crippen LogP) is 3.21. The third-order valence-electron chi connectivity index (χ3n) is 5.68. The molecule has 1 aromatic rings. The molecule has 22 heavy (non-hydrogen) atoms. The number of piperidine rings is 1. The minimum absolute atomic E-state index is 0.179. The highest BCUT2D eigenvalue weighted by Gasteiger charge is 2.47. The van der Waals surface area contributed by atoms with Gasteiger partial charge in [-0.2, -0.15) is 0 Å². The van der Waals surface area contributed by atoms with Crippen molar-refractivity contribution in [3.8, 4) is 0 Å². The molecular formula is C19H28NO2+. The topological polar surface area (TPSA) is 26.3 Å². The van der Waals surface area contributed by atoms with Gasteiger partial charge in [-0.15, -0.1) is 0 Å². The summed E-state index contributed by atoms with van der Waals surface area (Å²) in [6.45, 7) is 5.48. The number of carbonyl (C=O) groups excluding carboxylic acids is 1. The van der Waals surface area contributed by atoms with E-state index in [0.717, 1.165) is 16.3 Å². The molecule has 0 unspecified atom stereocenters. The van der Waals surface area contributed by atoms with Gasteiger partial charge in [0.05, 0.1) is 39.4 Å². The van der Waals surface area contributed by atoms with Crippen molar-refractivity contribution in [2.45, 2.75) is 19.8 Å². The van der Waals surface area contributed by atoms with Gasteiger partial charge in [-0.3, -0.25) is 0 Å². The minimum atomic E-state index is -0.179. The van der Waals surface area contributed by atoms with Crippen LogP contribution in [0.3, 0.4) is 0 Å². The SMILES string of the molecule is C[C@H]1C[N+](C)(C)C[C@H]2[C@H](COC(=O)c3ccccc3)CC[C@@H]21. The van der Waals surface area contributed by atoms with Crippen molar-refractivity contribution >= 4 is 5.97 Å². The van der Waals surface area contributed by atoms with Crippen LogP contribution in [0.1, 0.15) is 30.1 Å². The van der Waals surface area contributed by atoms with E-state index in [9.17, 15) is 4.79 Å². The summed E-state index contributed by atoms with van der Waals surface area (Å²) in [5, 5.41) is 0. The maximum atomic E-state index is 12.1. The minimum Gasteiger partial charge on any atom is -0.462 e. The second-order valence-corrected chi connectivity index (χ2v) is 7.91. The molecule has 3 heteroatoms. The van der Waals surface area contributed by atoms with Gasteiger partial charge in [0.2, 0.25) is 0 Å². The van der Waals surface area contributed by atoms with E-state index in [4.69, 9.17) is 4.74 Å². The number of likely N-dealkylation sites (tertiary alicyclic amines) is 1. The second-order valence-electron chi connectivity index (χ2n) is 7.91. The molecule has 0 N–H and O–H groups in total. The van der Waals surface area contributed by atoms with Crippen molar-refractivity contribution in [3.05, 3.63) is 35.9 Å². The Bertz CT molecular complexity index is 525. The van der Waals surface area contributed by atoms with Gasteiger partial charge in [-0.1, -0.05) is 25.1 Å². The maximum Gasteiger partial charge on any atom is 0.338 e. The summed E-state index contributed by atoms with van der Waals surface area (Å²) in [6, 6.07) is 9.32. The third kappa shape index (κ3) is 3.19. The van der Waals surface area contributed by atoms with E-state index >= 15 is 0 Å². The molecule has 0 aromatic heterocycles. The molecule has 3 rings (SSSR count). The van der Waals surface area contributed by atoms with E-state index in [1.54, 1.807) is 0 Å². The first-order valence-corrected chi connectivity index (χ1v) is 8.50. The van der Waals surface area contributed by atoms with Crippen molar-refractivity contribution in [3.63, 3.8) is 0 Å².